The van der Waals surface area contributed by atoms with E-state index in [0.29, 0.717) is 25.8 Å². The van der Waals surface area contributed by atoms with Crippen LogP contribution >= 0.6 is 0 Å². The Labute approximate surface area is 118 Å². The van der Waals surface area contributed by atoms with E-state index in [2.05, 4.69) is 5.32 Å². The molecule has 2 N–H and O–H groups in total. The molecule has 20 heavy (non-hydrogen) atoms. The average Bonchev–Trinajstić information content (AvgIpc) is 2.95. The number of likely N-dealkylation sites (tertiary alicyclic amines) is 1. The Morgan fingerprint density at radius 3 is 2.45 bits per heavy atom. The van der Waals surface area contributed by atoms with Crippen LogP contribution in [0.25, 0.3) is 0 Å². The molecule has 1 aliphatic heterocycles. The van der Waals surface area contributed by atoms with Crippen LogP contribution in [0.5, 0.6) is 0 Å². The third kappa shape index (κ3) is 2.94. The minimum absolute atomic E-state index is 0.0398. The van der Waals surface area contributed by atoms with Crippen molar-refractivity contribution in [2.24, 2.45) is 11.8 Å². The van der Waals surface area contributed by atoms with E-state index in [9.17, 15) is 14.4 Å². The molecule has 0 aromatic carbocycles. The Bertz CT molecular complexity index is 410. The second-order valence-electron chi connectivity index (χ2n) is 5.70. The van der Waals surface area contributed by atoms with Gasteiger partial charge in [0, 0.05) is 19.5 Å². The van der Waals surface area contributed by atoms with Crippen LogP contribution in [-0.2, 0) is 14.4 Å². The zero-order valence-electron chi connectivity index (χ0n) is 11.8. The summed E-state index contributed by atoms with van der Waals surface area (Å²) in [6.07, 6.45) is 4.09. The number of nitrogens with zero attached hydrogens (tertiary/aromatic N) is 1. The van der Waals surface area contributed by atoms with Gasteiger partial charge in [-0.1, -0.05) is 6.42 Å². The number of amides is 2. The minimum atomic E-state index is -0.813. The second-order valence-corrected chi connectivity index (χ2v) is 5.70. The van der Waals surface area contributed by atoms with Crippen LogP contribution in [-0.4, -0.2) is 47.4 Å². The zero-order chi connectivity index (χ0) is 14.7. The van der Waals surface area contributed by atoms with Crippen LogP contribution < -0.4 is 5.32 Å². The van der Waals surface area contributed by atoms with Crippen LogP contribution in [0.3, 0.4) is 0 Å². The average molecular weight is 282 g/mol. The third-order valence-corrected chi connectivity index (χ3v) is 4.46. The van der Waals surface area contributed by atoms with Crippen molar-refractivity contribution in [1.82, 2.24) is 10.2 Å². The van der Waals surface area contributed by atoms with E-state index in [1.165, 1.54) is 0 Å². The van der Waals surface area contributed by atoms with Gasteiger partial charge in [-0.05, 0) is 32.1 Å². The number of likely N-dealkylation sites (N-methyl/N-ethyl adjacent to an activating group) is 1. The van der Waals surface area contributed by atoms with Crippen molar-refractivity contribution in [2.45, 2.75) is 44.6 Å². The normalized spacial score (nSPS) is 30.1. The molecule has 3 unspecified atom stereocenters. The third-order valence-electron chi connectivity index (χ3n) is 4.46. The van der Waals surface area contributed by atoms with E-state index >= 15 is 0 Å². The second kappa shape index (κ2) is 6.24. The lowest BCUT2D eigenvalue weighted by Crippen LogP contribution is -2.47. The smallest absolute Gasteiger partial charge is 0.306 e. The topological polar surface area (TPSA) is 86.7 Å². The van der Waals surface area contributed by atoms with Gasteiger partial charge in [0.05, 0.1) is 5.92 Å². The van der Waals surface area contributed by atoms with Gasteiger partial charge >= 0.3 is 5.97 Å². The lowest BCUT2D eigenvalue weighted by atomic mass is 9.80. The van der Waals surface area contributed by atoms with Crippen molar-refractivity contribution in [3.8, 4) is 0 Å². The predicted octanol–water partition coefficient (Wildman–Crippen LogP) is 0.614. The summed E-state index contributed by atoms with van der Waals surface area (Å²) in [7, 11) is 1.57. The number of hydrogen-bond donors (Lipinski definition) is 2. The summed E-state index contributed by atoms with van der Waals surface area (Å²) < 4.78 is 0. The molecule has 0 aromatic rings. The SMILES string of the molecule is CNC(=O)C1CCCN1C(=O)C1CCCC(C(=O)O)C1. The predicted molar refractivity (Wildman–Crippen MR) is 71.9 cm³/mol. The summed E-state index contributed by atoms with van der Waals surface area (Å²) >= 11 is 0. The number of carboxylic acids is 1. The van der Waals surface area contributed by atoms with Crippen molar-refractivity contribution in [3.05, 3.63) is 0 Å². The van der Waals surface area contributed by atoms with Crippen molar-refractivity contribution in [3.63, 3.8) is 0 Å². The highest BCUT2D eigenvalue weighted by molar-refractivity contribution is 5.89. The summed E-state index contributed by atoms with van der Waals surface area (Å²) in [6.45, 7) is 0.602. The Morgan fingerprint density at radius 1 is 1.10 bits per heavy atom. The van der Waals surface area contributed by atoms with Crippen molar-refractivity contribution >= 4 is 17.8 Å². The lowest BCUT2D eigenvalue weighted by molar-refractivity contribution is -0.147. The van der Waals surface area contributed by atoms with Crippen molar-refractivity contribution in [2.75, 3.05) is 13.6 Å². The molecule has 2 rings (SSSR count). The first-order chi connectivity index (χ1) is 9.54. The molecule has 0 radical (unpaired) electrons. The van der Waals surface area contributed by atoms with Crippen molar-refractivity contribution < 1.29 is 19.5 Å². The highest BCUT2D eigenvalue weighted by Gasteiger charge is 2.39. The fourth-order valence-corrected chi connectivity index (χ4v) is 3.34. The van der Waals surface area contributed by atoms with Crippen LogP contribution in [0.4, 0.5) is 0 Å². The minimum Gasteiger partial charge on any atom is -0.481 e. The lowest BCUT2D eigenvalue weighted by Gasteiger charge is -2.31. The van der Waals surface area contributed by atoms with Gasteiger partial charge in [0.2, 0.25) is 11.8 Å². The van der Waals surface area contributed by atoms with E-state index < -0.39 is 11.9 Å². The van der Waals surface area contributed by atoms with Gasteiger partial charge in [0.1, 0.15) is 6.04 Å². The summed E-state index contributed by atoms with van der Waals surface area (Å²) in [5.74, 6) is -1.64. The Morgan fingerprint density at radius 2 is 1.80 bits per heavy atom. The molecule has 6 heteroatoms. The molecule has 0 spiro atoms. The van der Waals surface area contributed by atoms with Gasteiger partial charge in [0.15, 0.2) is 0 Å². The maximum atomic E-state index is 12.6. The monoisotopic (exact) mass is 282 g/mol. The molecule has 2 fully saturated rings. The maximum Gasteiger partial charge on any atom is 0.306 e. The van der Waals surface area contributed by atoms with E-state index in [1.54, 1.807) is 11.9 Å². The van der Waals surface area contributed by atoms with Gasteiger partial charge in [-0.25, -0.2) is 0 Å². The Hall–Kier alpha value is -1.59. The van der Waals surface area contributed by atoms with Crippen LogP contribution in [0.1, 0.15) is 38.5 Å². The van der Waals surface area contributed by atoms with Gasteiger partial charge in [0.25, 0.3) is 0 Å². The molecule has 1 saturated carbocycles. The quantitative estimate of drug-likeness (QED) is 0.794. The highest BCUT2D eigenvalue weighted by atomic mass is 16.4. The Kier molecular flexibility index (Phi) is 4.62. The standard InChI is InChI=1S/C14H22N2O4/c1-15-12(17)11-6-3-7-16(11)13(18)9-4-2-5-10(8-9)14(19)20/h9-11H,2-8H2,1H3,(H,15,17)(H,19,20). The Balaban J connectivity index is 2.02. The molecule has 0 bridgehead atoms. The van der Waals surface area contributed by atoms with E-state index in [1.807, 2.05) is 0 Å². The zero-order valence-corrected chi connectivity index (χ0v) is 11.8. The molecule has 6 nitrogen and oxygen atoms in total. The maximum absolute atomic E-state index is 12.6. The highest BCUT2D eigenvalue weighted by Crippen LogP contribution is 2.32. The molecule has 0 aromatic heterocycles. The molecule has 2 aliphatic rings. The summed E-state index contributed by atoms with van der Waals surface area (Å²) in [6, 6.07) is -0.377. The number of carboxylic acid groups (broad SMARTS) is 1. The van der Waals surface area contributed by atoms with Crippen LogP contribution in [0.2, 0.25) is 0 Å². The van der Waals surface area contributed by atoms with E-state index in [4.69, 9.17) is 5.11 Å². The number of nitrogens with one attached hydrogen (secondary N) is 1. The number of carbonyl (C=O) groups is 3. The summed E-state index contributed by atoms with van der Waals surface area (Å²) in [4.78, 5) is 37.1. The first-order valence-electron chi connectivity index (χ1n) is 7.29. The molecule has 112 valence electrons. The first kappa shape index (κ1) is 14.8. The molecular weight excluding hydrogens is 260 g/mol. The summed E-state index contributed by atoms with van der Waals surface area (Å²) in [5.41, 5.74) is 0. The largest absolute Gasteiger partial charge is 0.481 e. The van der Waals surface area contributed by atoms with Crippen LogP contribution in [0.15, 0.2) is 0 Å². The van der Waals surface area contributed by atoms with Gasteiger partial charge in [-0.2, -0.15) is 0 Å². The fraction of sp³-hybridized carbons (Fsp3) is 0.786. The van der Waals surface area contributed by atoms with Gasteiger partial charge < -0.3 is 15.3 Å². The number of aliphatic carboxylic acids is 1. The molecule has 1 aliphatic carbocycles. The van der Waals surface area contributed by atoms with E-state index in [-0.39, 0.29) is 23.8 Å². The molecule has 2 amide bonds. The molecule has 1 saturated heterocycles. The van der Waals surface area contributed by atoms with Crippen LogP contribution in [0, 0.1) is 11.8 Å². The molecule has 1 heterocycles. The number of hydrogen-bond acceptors (Lipinski definition) is 3. The molecule has 3 atom stereocenters. The summed E-state index contributed by atoms with van der Waals surface area (Å²) in [5, 5.41) is 11.7. The van der Waals surface area contributed by atoms with Crippen molar-refractivity contribution in [1.29, 1.82) is 0 Å². The van der Waals surface area contributed by atoms with Gasteiger partial charge in [-0.3, -0.25) is 14.4 Å². The number of rotatable bonds is 3. The number of carbonyl (C=O) groups excluding carboxylic acids is 2. The van der Waals surface area contributed by atoms with E-state index in [0.717, 1.165) is 19.3 Å². The van der Waals surface area contributed by atoms with Gasteiger partial charge in [-0.15, -0.1) is 0 Å². The molecular formula is C14H22N2O4. The first-order valence-corrected chi connectivity index (χ1v) is 7.29. The fourth-order valence-electron chi connectivity index (χ4n) is 3.34.